The number of carbonyl (C=O) groups is 1. The van der Waals surface area contributed by atoms with Crippen molar-refractivity contribution in [3.05, 3.63) is 11.6 Å². The summed E-state index contributed by atoms with van der Waals surface area (Å²) >= 11 is 0. The lowest BCUT2D eigenvalue weighted by atomic mass is 9.47. The molecule has 7 atom stereocenters. The maximum atomic E-state index is 11.8. The Bertz CT molecular complexity index is 626. The van der Waals surface area contributed by atoms with Gasteiger partial charge in [0.2, 0.25) is 0 Å². The van der Waals surface area contributed by atoms with Crippen molar-refractivity contribution >= 4 is 5.78 Å². The normalized spacial score (nSPS) is 57.0. The van der Waals surface area contributed by atoms with Crippen LogP contribution in [0.25, 0.3) is 0 Å². The smallest absolute Gasteiger partial charge is 0.161 e. The first-order chi connectivity index (χ1) is 11.0. The monoisotopic (exact) mass is 334 g/mol. The van der Waals surface area contributed by atoms with Crippen molar-refractivity contribution < 1.29 is 15.0 Å². The minimum atomic E-state index is -1.75. The third-order valence-electron chi connectivity index (χ3n) is 8.41. The Morgan fingerprint density at radius 2 is 1.79 bits per heavy atom. The molecule has 0 aliphatic heterocycles. The maximum absolute atomic E-state index is 11.8. The second-order valence-electron chi connectivity index (χ2n) is 9.32. The molecule has 0 heterocycles. The molecule has 0 amide bonds. The highest BCUT2D eigenvalue weighted by atomic mass is 16.4. The van der Waals surface area contributed by atoms with E-state index in [1.165, 1.54) is 5.57 Å². The lowest BCUT2D eigenvalue weighted by Gasteiger charge is -2.58. The fourth-order valence-corrected chi connectivity index (χ4v) is 6.71. The van der Waals surface area contributed by atoms with E-state index in [9.17, 15) is 15.0 Å². The minimum absolute atomic E-state index is 0.0696. The molecule has 4 aliphatic rings. The van der Waals surface area contributed by atoms with Crippen molar-refractivity contribution in [1.29, 1.82) is 0 Å². The summed E-state index contributed by atoms with van der Waals surface area (Å²) in [5, 5.41) is 21.4. The Hall–Kier alpha value is -0.750. The summed E-state index contributed by atoms with van der Waals surface area (Å²) < 4.78 is 0. The molecule has 134 valence electrons. The SMILES string of the molecule is CC12CCC(=O)C=C1CCC1C2CCC2(C)C1CC(N)(O)C2(N)O. The third-order valence-corrected chi connectivity index (χ3v) is 8.41. The van der Waals surface area contributed by atoms with Crippen molar-refractivity contribution in [2.75, 3.05) is 0 Å². The maximum Gasteiger partial charge on any atom is 0.161 e. The molecule has 0 saturated heterocycles. The molecule has 24 heavy (non-hydrogen) atoms. The molecule has 0 spiro atoms. The van der Waals surface area contributed by atoms with Crippen molar-refractivity contribution in [1.82, 2.24) is 0 Å². The largest absolute Gasteiger partial charge is 0.372 e. The van der Waals surface area contributed by atoms with Crippen LogP contribution < -0.4 is 11.5 Å². The summed E-state index contributed by atoms with van der Waals surface area (Å²) in [4.78, 5) is 11.8. The number of fused-ring (bicyclic) bond motifs is 5. The lowest BCUT2D eigenvalue weighted by molar-refractivity contribution is -0.187. The molecular formula is C19H30N2O3. The molecule has 5 heteroatoms. The van der Waals surface area contributed by atoms with Crippen molar-refractivity contribution in [3.63, 3.8) is 0 Å². The molecule has 7 unspecified atom stereocenters. The first-order valence-corrected chi connectivity index (χ1v) is 9.29. The summed E-state index contributed by atoms with van der Waals surface area (Å²) in [7, 11) is 0. The molecule has 0 aromatic carbocycles. The van der Waals surface area contributed by atoms with Crippen LogP contribution in [0.3, 0.4) is 0 Å². The number of hydrogen-bond acceptors (Lipinski definition) is 5. The molecule has 6 N–H and O–H groups in total. The number of hydrogen-bond donors (Lipinski definition) is 4. The van der Waals surface area contributed by atoms with Gasteiger partial charge in [0, 0.05) is 11.8 Å². The predicted octanol–water partition coefficient (Wildman–Crippen LogP) is 1.42. The summed E-state index contributed by atoms with van der Waals surface area (Å²) in [6, 6.07) is 0. The van der Waals surface area contributed by atoms with E-state index in [4.69, 9.17) is 11.5 Å². The number of ketones is 1. The number of allylic oxidation sites excluding steroid dienone is 1. The molecule has 5 nitrogen and oxygen atoms in total. The van der Waals surface area contributed by atoms with Crippen LogP contribution in [0, 0.1) is 28.6 Å². The van der Waals surface area contributed by atoms with Gasteiger partial charge < -0.3 is 15.9 Å². The van der Waals surface area contributed by atoms with E-state index in [0.29, 0.717) is 24.7 Å². The van der Waals surface area contributed by atoms with Gasteiger partial charge in [0.1, 0.15) is 0 Å². The van der Waals surface area contributed by atoms with Crippen molar-refractivity contribution in [2.24, 2.45) is 40.1 Å². The van der Waals surface area contributed by atoms with E-state index in [-0.39, 0.29) is 17.1 Å². The highest BCUT2D eigenvalue weighted by Gasteiger charge is 2.70. The van der Waals surface area contributed by atoms with Crippen LogP contribution in [-0.4, -0.2) is 27.4 Å². The Kier molecular flexibility index (Phi) is 3.27. The van der Waals surface area contributed by atoms with Gasteiger partial charge in [-0.15, -0.1) is 0 Å². The second kappa shape index (κ2) is 4.70. The Morgan fingerprint density at radius 3 is 2.50 bits per heavy atom. The standard InChI is InChI=1S/C19H30N2O3/c1-16-7-5-12(22)9-11(16)3-4-13-14(16)6-8-17(2)15(13)10-18(20,23)19(17,21)24/h9,13-15,23-24H,3-8,10,20-21H2,1-2H3. The molecule has 3 fully saturated rings. The van der Waals surface area contributed by atoms with Crippen LogP contribution in [0.5, 0.6) is 0 Å². The molecule has 3 saturated carbocycles. The molecular weight excluding hydrogens is 304 g/mol. The van der Waals surface area contributed by atoms with Crippen LogP contribution in [0.4, 0.5) is 0 Å². The van der Waals surface area contributed by atoms with Gasteiger partial charge in [0.15, 0.2) is 17.2 Å². The van der Waals surface area contributed by atoms with E-state index in [1.807, 2.05) is 13.0 Å². The Labute approximate surface area is 143 Å². The van der Waals surface area contributed by atoms with Gasteiger partial charge in [-0.25, -0.2) is 0 Å². The number of carbonyl (C=O) groups excluding carboxylic acids is 1. The van der Waals surface area contributed by atoms with E-state index < -0.39 is 16.9 Å². The number of rotatable bonds is 0. The Balaban J connectivity index is 1.73. The average Bonchev–Trinajstić information content (AvgIpc) is 2.64. The zero-order valence-electron chi connectivity index (χ0n) is 14.7. The zero-order chi connectivity index (χ0) is 17.5. The van der Waals surface area contributed by atoms with Crippen molar-refractivity contribution in [2.45, 2.75) is 70.2 Å². The highest BCUT2D eigenvalue weighted by Crippen LogP contribution is 2.67. The van der Waals surface area contributed by atoms with Crippen LogP contribution in [0.15, 0.2) is 11.6 Å². The molecule has 0 radical (unpaired) electrons. The van der Waals surface area contributed by atoms with Crippen LogP contribution in [-0.2, 0) is 4.79 Å². The fourth-order valence-electron chi connectivity index (χ4n) is 6.71. The van der Waals surface area contributed by atoms with Gasteiger partial charge in [-0.2, -0.15) is 0 Å². The summed E-state index contributed by atoms with van der Waals surface area (Å²) in [5.41, 5.74) is 9.54. The van der Waals surface area contributed by atoms with Gasteiger partial charge in [0.05, 0.1) is 0 Å². The summed E-state index contributed by atoms with van der Waals surface area (Å²) in [6.45, 7) is 4.31. The first kappa shape index (κ1) is 16.7. The van der Waals surface area contributed by atoms with Crippen molar-refractivity contribution in [3.8, 4) is 0 Å². The predicted molar refractivity (Wildman–Crippen MR) is 90.4 cm³/mol. The van der Waals surface area contributed by atoms with E-state index in [0.717, 1.165) is 32.1 Å². The topological polar surface area (TPSA) is 110 Å². The minimum Gasteiger partial charge on any atom is -0.372 e. The highest BCUT2D eigenvalue weighted by molar-refractivity contribution is 5.91. The van der Waals surface area contributed by atoms with Gasteiger partial charge in [-0.3, -0.25) is 10.5 Å². The summed E-state index contributed by atoms with van der Waals surface area (Å²) in [5.74, 6) is 1.26. The molecule has 4 aliphatic carbocycles. The van der Waals surface area contributed by atoms with Gasteiger partial charge >= 0.3 is 0 Å². The van der Waals surface area contributed by atoms with Gasteiger partial charge in [-0.1, -0.05) is 19.4 Å². The second-order valence-corrected chi connectivity index (χ2v) is 9.32. The quantitative estimate of drug-likeness (QED) is 0.501. The lowest BCUT2D eigenvalue weighted by Crippen LogP contribution is -2.69. The molecule has 0 aromatic heterocycles. The molecule has 4 rings (SSSR count). The van der Waals surface area contributed by atoms with E-state index in [1.54, 1.807) is 0 Å². The van der Waals surface area contributed by atoms with Crippen LogP contribution >= 0.6 is 0 Å². The van der Waals surface area contributed by atoms with E-state index in [2.05, 4.69) is 6.92 Å². The van der Waals surface area contributed by atoms with Gasteiger partial charge in [0.25, 0.3) is 0 Å². The fraction of sp³-hybridized carbons (Fsp3) is 0.842. The van der Waals surface area contributed by atoms with Crippen LogP contribution in [0.2, 0.25) is 0 Å². The zero-order valence-corrected chi connectivity index (χ0v) is 14.7. The number of nitrogens with two attached hydrogens (primary N) is 2. The molecule has 0 aromatic rings. The average molecular weight is 334 g/mol. The van der Waals surface area contributed by atoms with E-state index >= 15 is 0 Å². The number of aliphatic hydroxyl groups is 2. The summed E-state index contributed by atoms with van der Waals surface area (Å²) in [6.07, 6.45) is 7.45. The Morgan fingerprint density at radius 1 is 1.08 bits per heavy atom. The van der Waals surface area contributed by atoms with Crippen LogP contribution in [0.1, 0.15) is 58.8 Å². The van der Waals surface area contributed by atoms with Gasteiger partial charge in [-0.05, 0) is 67.8 Å². The third kappa shape index (κ3) is 1.82. The first-order valence-electron chi connectivity index (χ1n) is 9.29. The molecule has 0 bridgehead atoms.